The molecule has 2 N–H and O–H groups in total. The zero-order valence-corrected chi connectivity index (χ0v) is 14.8. The van der Waals surface area contributed by atoms with Crippen molar-refractivity contribution in [2.24, 2.45) is 0 Å². The zero-order valence-electron chi connectivity index (χ0n) is 14.8. The first-order valence-corrected chi connectivity index (χ1v) is 8.50. The van der Waals surface area contributed by atoms with Crippen molar-refractivity contribution in [1.82, 2.24) is 15.2 Å². The second-order valence-corrected chi connectivity index (χ2v) is 6.34. The maximum atomic E-state index is 4.50. The first kappa shape index (κ1) is 16.9. The standard InChI is InChI=1S/C20H23N5/c1-14(2)16-9-11-18(12-10-16)23-19-13-21-25-20(24-19)22-15(3)17-7-5-4-6-8-17/h4-15H,1-3H3,(H2,22,23,24,25). The van der Waals surface area contributed by atoms with Gasteiger partial charge in [-0.25, -0.2) is 0 Å². The van der Waals surface area contributed by atoms with E-state index in [4.69, 9.17) is 0 Å². The van der Waals surface area contributed by atoms with Gasteiger partial charge in [-0.15, -0.1) is 5.10 Å². The predicted molar refractivity (Wildman–Crippen MR) is 102 cm³/mol. The van der Waals surface area contributed by atoms with Gasteiger partial charge >= 0.3 is 0 Å². The van der Waals surface area contributed by atoms with Crippen LogP contribution in [0.5, 0.6) is 0 Å². The molecule has 3 aromatic rings. The summed E-state index contributed by atoms with van der Waals surface area (Å²) in [5.74, 6) is 1.68. The summed E-state index contributed by atoms with van der Waals surface area (Å²) < 4.78 is 0. The van der Waals surface area contributed by atoms with Crippen molar-refractivity contribution in [3.05, 3.63) is 71.9 Å². The molecule has 1 atom stereocenters. The van der Waals surface area contributed by atoms with Crippen LogP contribution in [0.2, 0.25) is 0 Å². The summed E-state index contributed by atoms with van der Waals surface area (Å²) in [6.45, 7) is 6.44. The van der Waals surface area contributed by atoms with Crippen molar-refractivity contribution in [2.75, 3.05) is 10.6 Å². The molecule has 0 saturated heterocycles. The first-order chi connectivity index (χ1) is 12.1. The number of nitrogens with zero attached hydrogens (tertiary/aromatic N) is 3. The third kappa shape index (κ3) is 4.53. The van der Waals surface area contributed by atoms with E-state index in [2.05, 4.69) is 83.0 Å². The molecule has 0 spiro atoms. The van der Waals surface area contributed by atoms with Gasteiger partial charge in [0.1, 0.15) is 0 Å². The fourth-order valence-corrected chi connectivity index (χ4v) is 2.54. The summed E-state index contributed by atoms with van der Waals surface area (Å²) in [6, 6.07) is 18.6. The number of hydrogen-bond acceptors (Lipinski definition) is 5. The van der Waals surface area contributed by atoms with E-state index in [-0.39, 0.29) is 6.04 Å². The number of anilines is 3. The lowest BCUT2D eigenvalue weighted by molar-refractivity contribution is 0.841. The molecule has 0 fully saturated rings. The Morgan fingerprint density at radius 3 is 2.24 bits per heavy atom. The molecule has 0 aliphatic heterocycles. The van der Waals surface area contributed by atoms with Gasteiger partial charge in [0.2, 0.25) is 5.95 Å². The molecule has 0 aliphatic rings. The summed E-state index contributed by atoms with van der Waals surface area (Å²) in [6.07, 6.45) is 1.62. The molecular weight excluding hydrogens is 310 g/mol. The minimum absolute atomic E-state index is 0.101. The predicted octanol–water partition coefficient (Wildman–Crippen LogP) is 4.91. The lowest BCUT2D eigenvalue weighted by Crippen LogP contribution is -2.10. The van der Waals surface area contributed by atoms with E-state index in [0.717, 1.165) is 5.69 Å². The highest BCUT2D eigenvalue weighted by Gasteiger charge is 2.08. The fourth-order valence-electron chi connectivity index (χ4n) is 2.54. The normalized spacial score (nSPS) is 12.0. The Kier molecular flexibility index (Phi) is 5.23. The van der Waals surface area contributed by atoms with E-state index in [1.807, 2.05) is 18.2 Å². The monoisotopic (exact) mass is 333 g/mol. The molecule has 2 aromatic carbocycles. The number of aromatic nitrogens is 3. The summed E-state index contributed by atoms with van der Waals surface area (Å²) in [5.41, 5.74) is 3.46. The quantitative estimate of drug-likeness (QED) is 0.671. The maximum absolute atomic E-state index is 4.50. The molecule has 128 valence electrons. The van der Waals surface area contributed by atoms with Crippen LogP contribution in [0.15, 0.2) is 60.8 Å². The third-order valence-corrected chi connectivity index (χ3v) is 4.05. The summed E-state index contributed by atoms with van der Waals surface area (Å²) in [4.78, 5) is 4.50. The second kappa shape index (κ2) is 7.75. The molecule has 5 nitrogen and oxygen atoms in total. The van der Waals surface area contributed by atoms with E-state index in [1.54, 1.807) is 6.20 Å². The molecule has 0 radical (unpaired) electrons. The molecule has 0 saturated carbocycles. The molecule has 5 heteroatoms. The van der Waals surface area contributed by atoms with E-state index in [0.29, 0.717) is 17.7 Å². The van der Waals surface area contributed by atoms with Crippen molar-refractivity contribution < 1.29 is 0 Å². The van der Waals surface area contributed by atoms with E-state index >= 15 is 0 Å². The van der Waals surface area contributed by atoms with Gasteiger partial charge in [0.25, 0.3) is 0 Å². The van der Waals surface area contributed by atoms with E-state index in [1.165, 1.54) is 11.1 Å². The Balaban J connectivity index is 1.69. The molecule has 1 aromatic heterocycles. The number of nitrogens with one attached hydrogen (secondary N) is 2. The molecule has 0 aliphatic carbocycles. The van der Waals surface area contributed by atoms with Crippen molar-refractivity contribution in [1.29, 1.82) is 0 Å². The average molecular weight is 333 g/mol. The Bertz CT molecular complexity index is 800. The Morgan fingerprint density at radius 2 is 1.56 bits per heavy atom. The van der Waals surface area contributed by atoms with E-state index in [9.17, 15) is 0 Å². The van der Waals surface area contributed by atoms with Gasteiger partial charge < -0.3 is 10.6 Å². The van der Waals surface area contributed by atoms with Crippen LogP contribution in [0.4, 0.5) is 17.5 Å². The minimum atomic E-state index is 0.101. The van der Waals surface area contributed by atoms with Crippen LogP contribution < -0.4 is 10.6 Å². The van der Waals surface area contributed by atoms with Crippen LogP contribution in [0.1, 0.15) is 43.9 Å². The van der Waals surface area contributed by atoms with Crippen LogP contribution in [-0.2, 0) is 0 Å². The molecular formula is C20H23N5. The summed E-state index contributed by atoms with van der Waals surface area (Å²) in [7, 11) is 0. The SMILES string of the molecule is CC(C)c1ccc(Nc2cnnc(NC(C)c3ccccc3)n2)cc1. The number of rotatable bonds is 6. The first-order valence-electron chi connectivity index (χ1n) is 8.50. The van der Waals surface area contributed by atoms with Crippen LogP contribution in [0, 0.1) is 0 Å². The smallest absolute Gasteiger partial charge is 0.245 e. The van der Waals surface area contributed by atoms with Gasteiger partial charge in [0, 0.05) is 5.69 Å². The minimum Gasteiger partial charge on any atom is -0.346 e. The lowest BCUT2D eigenvalue weighted by atomic mass is 10.0. The molecule has 3 rings (SSSR count). The maximum Gasteiger partial charge on any atom is 0.245 e. The highest BCUT2D eigenvalue weighted by atomic mass is 15.3. The van der Waals surface area contributed by atoms with Crippen molar-refractivity contribution in [2.45, 2.75) is 32.7 Å². The molecule has 1 heterocycles. The number of benzene rings is 2. The zero-order chi connectivity index (χ0) is 17.6. The van der Waals surface area contributed by atoms with Crippen LogP contribution in [-0.4, -0.2) is 15.2 Å². The van der Waals surface area contributed by atoms with Crippen molar-refractivity contribution in [3.8, 4) is 0 Å². The Hall–Kier alpha value is -2.95. The van der Waals surface area contributed by atoms with Gasteiger partial charge in [-0.3, -0.25) is 0 Å². The third-order valence-electron chi connectivity index (χ3n) is 4.05. The van der Waals surface area contributed by atoms with Crippen LogP contribution in [0.25, 0.3) is 0 Å². The largest absolute Gasteiger partial charge is 0.346 e. The second-order valence-electron chi connectivity index (χ2n) is 6.34. The molecule has 0 amide bonds. The van der Waals surface area contributed by atoms with E-state index < -0.39 is 0 Å². The molecule has 1 unspecified atom stereocenters. The highest BCUT2D eigenvalue weighted by molar-refractivity contribution is 5.56. The summed E-state index contributed by atoms with van der Waals surface area (Å²) >= 11 is 0. The van der Waals surface area contributed by atoms with Crippen LogP contribution >= 0.6 is 0 Å². The fraction of sp³-hybridized carbons (Fsp3) is 0.250. The van der Waals surface area contributed by atoms with Gasteiger partial charge in [-0.2, -0.15) is 10.1 Å². The topological polar surface area (TPSA) is 62.7 Å². The van der Waals surface area contributed by atoms with Crippen molar-refractivity contribution >= 4 is 17.5 Å². The summed E-state index contributed by atoms with van der Waals surface area (Å²) in [5, 5.41) is 14.7. The molecule has 0 bridgehead atoms. The lowest BCUT2D eigenvalue weighted by Gasteiger charge is -2.14. The van der Waals surface area contributed by atoms with Gasteiger partial charge in [0.05, 0.1) is 12.2 Å². The van der Waals surface area contributed by atoms with Crippen LogP contribution in [0.3, 0.4) is 0 Å². The number of hydrogen-bond donors (Lipinski definition) is 2. The van der Waals surface area contributed by atoms with Gasteiger partial charge in [0.15, 0.2) is 5.82 Å². The molecule has 25 heavy (non-hydrogen) atoms. The Morgan fingerprint density at radius 1 is 0.840 bits per heavy atom. The average Bonchev–Trinajstić information content (AvgIpc) is 2.63. The van der Waals surface area contributed by atoms with Gasteiger partial charge in [-0.05, 0) is 36.1 Å². The Labute approximate surface area is 148 Å². The van der Waals surface area contributed by atoms with Crippen molar-refractivity contribution in [3.63, 3.8) is 0 Å². The highest BCUT2D eigenvalue weighted by Crippen LogP contribution is 2.20. The van der Waals surface area contributed by atoms with Gasteiger partial charge in [-0.1, -0.05) is 56.3 Å².